The second kappa shape index (κ2) is 6.10. The smallest absolute Gasteiger partial charge is 0.184 e. The molecule has 2 heterocycles. The van der Waals surface area contributed by atoms with Gasteiger partial charge in [-0.2, -0.15) is 0 Å². The number of benzene rings is 2. The number of likely N-dealkylation sites (tertiary alicyclic amines) is 1. The molecule has 5 rings (SSSR count). The molecule has 1 N–H and O–H groups in total. The molecule has 1 spiro atoms. The van der Waals surface area contributed by atoms with Crippen LogP contribution in [0.15, 0.2) is 54.7 Å². The Morgan fingerprint density at radius 2 is 1.92 bits per heavy atom. The molecular weight excluding hydrogens is 320 g/mol. The van der Waals surface area contributed by atoms with Crippen LogP contribution in [0.5, 0.6) is 0 Å². The third-order valence-electron chi connectivity index (χ3n) is 6.32. The molecule has 1 aliphatic carbocycles. The fraction of sp³-hybridized carbons (Fsp3) is 0.348. The van der Waals surface area contributed by atoms with Gasteiger partial charge in [-0.15, -0.1) is 0 Å². The van der Waals surface area contributed by atoms with Crippen LogP contribution in [0.3, 0.4) is 0 Å². The zero-order valence-electron chi connectivity index (χ0n) is 15.0. The average molecular weight is 344 g/mol. The second-order valence-corrected chi connectivity index (χ2v) is 7.76. The van der Waals surface area contributed by atoms with Crippen LogP contribution >= 0.6 is 0 Å². The third-order valence-corrected chi connectivity index (χ3v) is 6.32. The molecule has 0 bridgehead atoms. The molecule has 2 aromatic carbocycles. The number of aromatic amines is 1. The van der Waals surface area contributed by atoms with E-state index in [1.54, 1.807) is 0 Å². The van der Waals surface area contributed by atoms with E-state index in [4.69, 9.17) is 0 Å². The monoisotopic (exact) mass is 344 g/mol. The van der Waals surface area contributed by atoms with E-state index in [0.29, 0.717) is 5.78 Å². The zero-order chi connectivity index (χ0) is 17.6. The summed E-state index contributed by atoms with van der Waals surface area (Å²) < 4.78 is 0. The molecule has 1 aliphatic heterocycles. The van der Waals surface area contributed by atoms with Crippen LogP contribution < -0.4 is 0 Å². The number of ketones is 1. The van der Waals surface area contributed by atoms with Crippen LogP contribution in [0, 0.1) is 0 Å². The SMILES string of the molecule is O=C1c2cccc3[nH]cc(c23)CC12CCCCN2CCc1ccccc1. The van der Waals surface area contributed by atoms with E-state index in [-0.39, 0.29) is 5.54 Å². The number of rotatable bonds is 3. The highest BCUT2D eigenvalue weighted by Gasteiger charge is 2.48. The molecule has 3 aromatic rings. The molecule has 132 valence electrons. The van der Waals surface area contributed by atoms with Crippen molar-refractivity contribution >= 4 is 16.7 Å². The van der Waals surface area contributed by atoms with E-state index >= 15 is 0 Å². The number of piperidine rings is 1. The Kier molecular flexibility index (Phi) is 3.71. The predicted octanol–water partition coefficient (Wildman–Crippen LogP) is 4.37. The van der Waals surface area contributed by atoms with Gasteiger partial charge >= 0.3 is 0 Å². The highest BCUT2D eigenvalue weighted by Crippen LogP contribution is 2.42. The van der Waals surface area contributed by atoms with E-state index in [1.165, 1.54) is 17.5 Å². The Hall–Kier alpha value is -2.39. The first-order valence-corrected chi connectivity index (χ1v) is 9.71. The topological polar surface area (TPSA) is 36.1 Å². The maximum Gasteiger partial charge on any atom is 0.184 e. The van der Waals surface area contributed by atoms with Crippen molar-refractivity contribution in [3.8, 4) is 0 Å². The van der Waals surface area contributed by atoms with Gasteiger partial charge in [0.05, 0.1) is 5.54 Å². The predicted molar refractivity (Wildman–Crippen MR) is 105 cm³/mol. The van der Waals surface area contributed by atoms with Crippen molar-refractivity contribution < 1.29 is 4.79 Å². The van der Waals surface area contributed by atoms with Crippen molar-refractivity contribution in [3.63, 3.8) is 0 Å². The average Bonchev–Trinajstić information content (AvgIpc) is 3.10. The van der Waals surface area contributed by atoms with E-state index in [0.717, 1.165) is 55.2 Å². The summed E-state index contributed by atoms with van der Waals surface area (Å²) in [6, 6.07) is 16.7. The van der Waals surface area contributed by atoms with E-state index in [2.05, 4.69) is 52.5 Å². The highest BCUT2D eigenvalue weighted by atomic mass is 16.1. The molecular formula is C23H24N2O. The first kappa shape index (κ1) is 15.8. The summed E-state index contributed by atoms with van der Waals surface area (Å²) in [7, 11) is 0. The Balaban J connectivity index is 1.50. The normalized spacial score (nSPS) is 23.0. The molecule has 0 saturated carbocycles. The molecule has 1 atom stereocenters. The highest BCUT2D eigenvalue weighted by molar-refractivity contribution is 6.15. The molecule has 3 heteroatoms. The van der Waals surface area contributed by atoms with Crippen molar-refractivity contribution in [1.82, 2.24) is 9.88 Å². The molecule has 26 heavy (non-hydrogen) atoms. The summed E-state index contributed by atoms with van der Waals surface area (Å²) >= 11 is 0. The largest absolute Gasteiger partial charge is 0.361 e. The number of Topliss-reactive ketones (excluding diaryl/α,β-unsaturated/α-hetero) is 1. The zero-order valence-corrected chi connectivity index (χ0v) is 15.0. The van der Waals surface area contributed by atoms with Gasteiger partial charge in [0.2, 0.25) is 0 Å². The van der Waals surface area contributed by atoms with Crippen LogP contribution in [0.1, 0.15) is 40.7 Å². The number of H-pyrrole nitrogens is 1. The van der Waals surface area contributed by atoms with Gasteiger partial charge in [-0.25, -0.2) is 0 Å². The number of nitrogens with one attached hydrogen (secondary N) is 1. The number of carbonyl (C=O) groups is 1. The van der Waals surface area contributed by atoms with Crippen LogP contribution in [-0.2, 0) is 12.8 Å². The van der Waals surface area contributed by atoms with Crippen LogP contribution in [-0.4, -0.2) is 34.3 Å². The van der Waals surface area contributed by atoms with Gasteiger partial charge in [0.25, 0.3) is 0 Å². The van der Waals surface area contributed by atoms with Crippen molar-refractivity contribution in [2.24, 2.45) is 0 Å². The molecule has 1 fully saturated rings. The minimum Gasteiger partial charge on any atom is -0.361 e. The van der Waals surface area contributed by atoms with Crippen molar-refractivity contribution in [3.05, 3.63) is 71.4 Å². The second-order valence-electron chi connectivity index (χ2n) is 7.76. The summed E-state index contributed by atoms with van der Waals surface area (Å²) in [4.78, 5) is 19.5. The van der Waals surface area contributed by atoms with Crippen LogP contribution in [0.2, 0.25) is 0 Å². The van der Waals surface area contributed by atoms with Gasteiger partial charge in [0.1, 0.15) is 0 Å². The number of hydrogen-bond donors (Lipinski definition) is 1. The van der Waals surface area contributed by atoms with Gasteiger partial charge in [-0.3, -0.25) is 9.69 Å². The van der Waals surface area contributed by atoms with Crippen molar-refractivity contribution in [1.29, 1.82) is 0 Å². The minimum absolute atomic E-state index is 0.336. The first-order valence-electron chi connectivity index (χ1n) is 9.71. The fourth-order valence-electron chi connectivity index (χ4n) is 5.01. The first-order chi connectivity index (χ1) is 12.8. The van der Waals surface area contributed by atoms with E-state index in [9.17, 15) is 4.79 Å². The molecule has 3 nitrogen and oxygen atoms in total. The lowest BCUT2D eigenvalue weighted by Gasteiger charge is -2.48. The number of carbonyl (C=O) groups excluding carboxylic acids is 1. The summed E-state index contributed by atoms with van der Waals surface area (Å²) in [6.45, 7) is 1.97. The third kappa shape index (κ3) is 2.34. The summed E-state index contributed by atoms with van der Waals surface area (Å²) in [5.41, 5.74) is 4.31. The Labute approximate surface area is 154 Å². The fourth-order valence-corrected chi connectivity index (χ4v) is 5.01. The van der Waals surface area contributed by atoms with Gasteiger partial charge in [-0.05, 0) is 49.4 Å². The quantitative estimate of drug-likeness (QED) is 0.766. The molecule has 0 amide bonds. The van der Waals surface area contributed by atoms with E-state index < -0.39 is 0 Å². The lowest BCUT2D eigenvalue weighted by molar-refractivity contribution is 0.0355. The minimum atomic E-state index is -0.351. The number of aromatic nitrogens is 1. The maximum absolute atomic E-state index is 13.6. The molecule has 1 saturated heterocycles. The Morgan fingerprint density at radius 1 is 1.04 bits per heavy atom. The standard InChI is InChI=1S/C23H24N2O/c26-22-19-9-6-10-20-21(19)18(16-24-20)15-23(22)12-4-5-13-25(23)14-11-17-7-2-1-3-8-17/h1-3,6-10,16,24H,4-5,11-15H2. The Morgan fingerprint density at radius 3 is 2.81 bits per heavy atom. The summed E-state index contributed by atoms with van der Waals surface area (Å²) in [6.07, 6.45) is 7.27. The Bertz CT molecular complexity index is 959. The molecule has 0 radical (unpaired) electrons. The van der Waals surface area contributed by atoms with Crippen LogP contribution in [0.25, 0.3) is 10.9 Å². The van der Waals surface area contributed by atoms with Gasteiger partial charge in [0.15, 0.2) is 5.78 Å². The maximum atomic E-state index is 13.6. The van der Waals surface area contributed by atoms with Crippen molar-refractivity contribution in [2.45, 2.75) is 37.6 Å². The summed E-state index contributed by atoms with van der Waals surface area (Å²) in [5.74, 6) is 0.336. The van der Waals surface area contributed by atoms with Crippen LogP contribution in [0.4, 0.5) is 0 Å². The lowest BCUT2D eigenvalue weighted by Crippen LogP contribution is -2.60. The van der Waals surface area contributed by atoms with Gasteiger partial charge in [-0.1, -0.05) is 42.5 Å². The molecule has 1 aromatic heterocycles. The van der Waals surface area contributed by atoms with E-state index in [1.807, 2.05) is 12.1 Å². The number of hydrogen-bond acceptors (Lipinski definition) is 2. The van der Waals surface area contributed by atoms with Crippen molar-refractivity contribution in [2.75, 3.05) is 13.1 Å². The lowest BCUT2D eigenvalue weighted by atomic mass is 9.71. The molecule has 1 unspecified atom stereocenters. The number of nitrogens with zero attached hydrogens (tertiary/aromatic N) is 1. The summed E-state index contributed by atoms with van der Waals surface area (Å²) in [5, 5.41) is 1.15. The molecule has 2 aliphatic rings. The van der Waals surface area contributed by atoms with Gasteiger partial charge < -0.3 is 4.98 Å². The van der Waals surface area contributed by atoms with Gasteiger partial charge in [0, 0.05) is 35.6 Å².